The zero-order valence-electron chi connectivity index (χ0n) is 8.48. The van der Waals surface area contributed by atoms with Crippen LogP contribution in [0, 0.1) is 11.3 Å². The molecule has 2 heteroatoms. The van der Waals surface area contributed by atoms with E-state index in [-0.39, 0.29) is 11.3 Å². The molecular formula is C10H19NO. The molecule has 1 N–H and O–H groups in total. The van der Waals surface area contributed by atoms with E-state index in [1.807, 2.05) is 0 Å². The maximum atomic E-state index is 11.2. The van der Waals surface area contributed by atoms with Crippen LogP contribution in [-0.4, -0.2) is 11.9 Å². The fraction of sp³-hybridized carbons (Fsp3) is 0.900. The van der Waals surface area contributed by atoms with Crippen molar-refractivity contribution in [3.8, 4) is 0 Å². The summed E-state index contributed by atoms with van der Waals surface area (Å²) in [5.74, 6) is 0.800. The number of carbonyl (C=O) groups is 1. The number of carbonyl (C=O) groups excluding carboxylic acids is 1. The number of hydrogen-bond donors (Lipinski definition) is 1. The second-order valence-corrected chi connectivity index (χ2v) is 4.21. The van der Waals surface area contributed by atoms with Crippen LogP contribution in [0.2, 0.25) is 0 Å². The average Bonchev–Trinajstić information content (AvgIpc) is 2.26. The Bertz CT molecular complexity index is 188. The predicted octanol–water partition coefficient (Wildman–Crippen LogP) is 1.95. The van der Waals surface area contributed by atoms with Crippen molar-refractivity contribution in [2.75, 3.05) is 0 Å². The topological polar surface area (TPSA) is 29.1 Å². The van der Waals surface area contributed by atoms with Crippen molar-refractivity contribution in [3.05, 3.63) is 0 Å². The van der Waals surface area contributed by atoms with Gasteiger partial charge in [-0.15, -0.1) is 0 Å². The summed E-state index contributed by atoms with van der Waals surface area (Å²) in [4.78, 5) is 11.2. The van der Waals surface area contributed by atoms with Gasteiger partial charge in [-0.05, 0) is 19.3 Å². The summed E-state index contributed by atoms with van der Waals surface area (Å²) < 4.78 is 0. The van der Waals surface area contributed by atoms with Crippen LogP contribution in [0.1, 0.15) is 40.5 Å². The predicted molar refractivity (Wildman–Crippen MR) is 49.8 cm³/mol. The molecule has 2 unspecified atom stereocenters. The molecule has 1 heterocycles. The van der Waals surface area contributed by atoms with E-state index in [9.17, 15) is 4.79 Å². The molecule has 1 rings (SSSR count). The van der Waals surface area contributed by atoms with Gasteiger partial charge in [0.25, 0.3) is 0 Å². The zero-order chi connectivity index (χ0) is 9.35. The molecule has 0 aromatic heterocycles. The molecule has 1 aliphatic rings. The summed E-state index contributed by atoms with van der Waals surface area (Å²) in [6, 6.07) is 0.343. The Balaban J connectivity index is 2.86. The quantitative estimate of drug-likeness (QED) is 0.672. The van der Waals surface area contributed by atoms with E-state index in [0.717, 1.165) is 6.42 Å². The fourth-order valence-corrected chi connectivity index (χ4v) is 2.43. The van der Waals surface area contributed by atoms with E-state index < -0.39 is 0 Å². The fourth-order valence-electron chi connectivity index (χ4n) is 2.43. The first-order valence-electron chi connectivity index (χ1n) is 4.82. The maximum absolute atomic E-state index is 11.2. The maximum Gasteiger partial charge on any atom is 0.220 e. The summed E-state index contributed by atoms with van der Waals surface area (Å²) in [7, 11) is 0. The third kappa shape index (κ3) is 1.23. The molecule has 2 nitrogen and oxygen atoms in total. The molecule has 70 valence electrons. The van der Waals surface area contributed by atoms with Crippen LogP contribution in [0.25, 0.3) is 0 Å². The van der Waals surface area contributed by atoms with Crippen molar-refractivity contribution in [2.45, 2.75) is 46.6 Å². The molecule has 12 heavy (non-hydrogen) atoms. The van der Waals surface area contributed by atoms with Crippen molar-refractivity contribution < 1.29 is 4.79 Å². The van der Waals surface area contributed by atoms with E-state index in [4.69, 9.17) is 0 Å². The highest BCUT2D eigenvalue weighted by molar-refractivity contribution is 5.79. The third-order valence-electron chi connectivity index (χ3n) is 3.54. The minimum absolute atomic E-state index is 0.205. The smallest absolute Gasteiger partial charge is 0.220 e. The largest absolute Gasteiger partial charge is 0.353 e. The standard InChI is InChI=1S/C10H19NO/c1-5-10(7(2)3)6-9(12)11-8(10)4/h7-8H,5-6H2,1-4H3,(H,11,12). The molecule has 1 saturated heterocycles. The van der Waals surface area contributed by atoms with Gasteiger partial charge < -0.3 is 5.32 Å². The first-order chi connectivity index (χ1) is 5.53. The minimum atomic E-state index is 0.205. The number of amides is 1. The van der Waals surface area contributed by atoms with Gasteiger partial charge in [0, 0.05) is 17.9 Å². The van der Waals surface area contributed by atoms with E-state index in [1.54, 1.807) is 0 Å². The van der Waals surface area contributed by atoms with Crippen LogP contribution in [0.15, 0.2) is 0 Å². The molecule has 0 aliphatic carbocycles. The van der Waals surface area contributed by atoms with Crippen molar-refractivity contribution in [1.29, 1.82) is 0 Å². The minimum Gasteiger partial charge on any atom is -0.353 e. The second-order valence-electron chi connectivity index (χ2n) is 4.21. The Morgan fingerprint density at radius 1 is 1.67 bits per heavy atom. The van der Waals surface area contributed by atoms with E-state index in [2.05, 4.69) is 33.0 Å². The highest BCUT2D eigenvalue weighted by Gasteiger charge is 2.44. The number of hydrogen-bond acceptors (Lipinski definition) is 1. The SMILES string of the molecule is CCC1(C(C)C)CC(=O)NC1C. The molecule has 1 fully saturated rings. The summed E-state index contributed by atoms with van der Waals surface area (Å²) in [5, 5.41) is 3.00. The van der Waals surface area contributed by atoms with Crippen LogP contribution in [0.3, 0.4) is 0 Å². The molecule has 0 saturated carbocycles. The summed E-state index contributed by atoms with van der Waals surface area (Å²) >= 11 is 0. The number of rotatable bonds is 2. The monoisotopic (exact) mass is 169 g/mol. The molecule has 0 aromatic rings. The van der Waals surface area contributed by atoms with Gasteiger partial charge >= 0.3 is 0 Å². The van der Waals surface area contributed by atoms with Crippen molar-refractivity contribution >= 4 is 5.91 Å². The van der Waals surface area contributed by atoms with Gasteiger partial charge in [-0.25, -0.2) is 0 Å². The lowest BCUT2D eigenvalue weighted by molar-refractivity contribution is -0.120. The van der Waals surface area contributed by atoms with Gasteiger partial charge in [-0.2, -0.15) is 0 Å². The lowest BCUT2D eigenvalue weighted by atomic mass is 9.70. The van der Waals surface area contributed by atoms with Crippen LogP contribution in [-0.2, 0) is 4.79 Å². The summed E-state index contributed by atoms with van der Waals surface area (Å²) in [6.07, 6.45) is 1.80. The van der Waals surface area contributed by atoms with E-state index >= 15 is 0 Å². The second kappa shape index (κ2) is 3.08. The third-order valence-corrected chi connectivity index (χ3v) is 3.54. The highest BCUT2D eigenvalue weighted by atomic mass is 16.2. The van der Waals surface area contributed by atoms with E-state index in [1.165, 1.54) is 0 Å². The average molecular weight is 169 g/mol. The van der Waals surface area contributed by atoms with Crippen LogP contribution in [0.5, 0.6) is 0 Å². The lowest BCUT2D eigenvalue weighted by Gasteiger charge is -2.35. The molecule has 0 bridgehead atoms. The van der Waals surface area contributed by atoms with Gasteiger partial charge in [0.2, 0.25) is 5.91 Å². The molecule has 1 aliphatic heterocycles. The van der Waals surface area contributed by atoms with Gasteiger partial charge in [-0.1, -0.05) is 20.8 Å². The van der Waals surface area contributed by atoms with E-state index in [0.29, 0.717) is 18.4 Å². The zero-order valence-corrected chi connectivity index (χ0v) is 8.48. The summed E-state index contributed by atoms with van der Waals surface area (Å²) in [5.41, 5.74) is 0.205. The Hall–Kier alpha value is -0.530. The lowest BCUT2D eigenvalue weighted by Crippen LogP contribution is -2.37. The Morgan fingerprint density at radius 2 is 2.25 bits per heavy atom. The molecule has 1 amide bonds. The van der Waals surface area contributed by atoms with Gasteiger partial charge in [0.15, 0.2) is 0 Å². The van der Waals surface area contributed by atoms with Crippen molar-refractivity contribution in [2.24, 2.45) is 11.3 Å². The van der Waals surface area contributed by atoms with Crippen molar-refractivity contribution in [1.82, 2.24) is 5.32 Å². The van der Waals surface area contributed by atoms with Crippen LogP contribution < -0.4 is 5.32 Å². The Labute approximate surface area is 74.7 Å². The van der Waals surface area contributed by atoms with Gasteiger partial charge in [0.05, 0.1) is 0 Å². The Kier molecular flexibility index (Phi) is 2.45. The van der Waals surface area contributed by atoms with Gasteiger partial charge in [-0.3, -0.25) is 4.79 Å². The number of nitrogens with one attached hydrogen (secondary N) is 1. The Morgan fingerprint density at radius 3 is 2.42 bits per heavy atom. The molecule has 0 spiro atoms. The molecule has 0 aromatic carbocycles. The van der Waals surface area contributed by atoms with Crippen molar-refractivity contribution in [3.63, 3.8) is 0 Å². The molecular weight excluding hydrogens is 150 g/mol. The first-order valence-corrected chi connectivity index (χ1v) is 4.82. The summed E-state index contributed by atoms with van der Waals surface area (Å²) in [6.45, 7) is 8.71. The normalized spacial score (nSPS) is 35.8. The van der Waals surface area contributed by atoms with Crippen LogP contribution in [0.4, 0.5) is 0 Å². The highest BCUT2D eigenvalue weighted by Crippen LogP contribution is 2.42. The molecule has 2 atom stereocenters. The van der Waals surface area contributed by atoms with Crippen LogP contribution >= 0.6 is 0 Å². The van der Waals surface area contributed by atoms with Gasteiger partial charge in [0.1, 0.15) is 0 Å². The first kappa shape index (κ1) is 9.56. The molecule has 0 radical (unpaired) electrons.